The van der Waals surface area contributed by atoms with Gasteiger partial charge in [0.05, 0.1) is 15.1 Å². The number of aromatic nitrogens is 1. The van der Waals surface area contributed by atoms with Gasteiger partial charge in [-0.3, -0.25) is 10.1 Å². The van der Waals surface area contributed by atoms with E-state index < -0.39 is 15.9 Å². The molecule has 0 unspecified atom stereocenters. The second-order valence-corrected chi connectivity index (χ2v) is 8.06. The lowest BCUT2D eigenvalue weighted by Crippen LogP contribution is -2.16. The molecule has 0 spiro atoms. The number of fused-ring (bicyclic) bond motifs is 1. The topological polar surface area (TPSA) is 102 Å². The van der Waals surface area contributed by atoms with Crippen LogP contribution in [0.15, 0.2) is 41.3 Å². The fourth-order valence-electron chi connectivity index (χ4n) is 2.27. The van der Waals surface area contributed by atoms with Crippen LogP contribution in [-0.2, 0) is 10.0 Å². The molecular formula is C16H15N3O3S2. The summed E-state index contributed by atoms with van der Waals surface area (Å²) in [6.45, 7) is 3.71. The highest BCUT2D eigenvalue weighted by Crippen LogP contribution is 2.27. The van der Waals surface area contributed by atoms with Crippen LogP contribution in [0.3, 0.4) is 0 Å². The molecule has 1 heterocycles. The van der Waals surface area contributed by atoms with Crippen molar-refractivity contribution in [3.63, 3.8) is 0 Å². The highest BCUT2D eigenvalue weighted by molar-refractivity contribution is 7.89. The summed E-state index contributed by atoms with van der Waals surface area (Å²) < 4.78 is 23.9. The number of thiazole rings is 1. The maximum Gasteiger partial charge on any atom is 0.257 e. The first-order valence-corrected chi connectivity index (χ1v) is 9.42. The molecule has 0 saturated carbocycles. The lowest BCUT2D eigenvalue weighted by molar-refractivity contribution is 0.102. The molecule has 2 aromatic carbocycles. The van der Waals surface area contributed by atoms with Crippen molar-refractivity contribution in [2.75, 3.05) is 5.32 Å². The van der Waals surface area contributed by atoms with Gasteiger partial charge in [-0.2, -0.15) is 0 Å². The molecule has 0 saturated heterocycles. The number of nitrogens with two attached hydrogens (primary N) is 1. The van der Waals surface area contributed by atoms with Crippen molar-refractivity contribution in [3.8, 4) is 0 Å². The van der Waals surface area contributed by atoms with Crippen molar-refractivity contribution in [2.24, 2.45) is 5.14 Å². The van der Waals surface area contributed by atoms with Crippen LogP contribution >= 0.6 is 11.3 Å². The minimum atomic E-state index is -3.87. The van der Waals surface area contributed by atoms with Gasteiger partial charge in [0.2, 0.25) is 10.0 Å². The van der Waals surface area contributed by atoms with Crippen LogP contribution in [0.1, 0.15) is 21.5 Å². The summed E-state index contributed by atoms with van der Waals surface area (Å²) in [6, 6.07) is 10.0. The summed E-state index contributed by atoms with van der Waals surface area (Å²) in [5.74, 6) is -0.422. The lowest BCUT2D eigenvalue weighted by atomic mass is 10.1. The predicted molar refractivity (Wildman–Crippen MR) is 94.9 cm³/mol. The third-order valence-electron chi connectivity index (χ3n) is 3.55. The molecule has 0 aliphatic carbocycles. The van der Waals surface area contributed by atoms with Crippen LogP contribution in [0.2, 0.25) is 0 Å². The minimum Gasteiger partial charge on any atom is -0.298 e. The number of rotatable bonds is 3. The number of nitrogens with zero attached hydrogens (tertiary/aromatic N) is 1. The summed E-state index contributed by atoms with van der Waals surface area (Å²) in [4.78, 5) is 16.7. The van der Waals surface area contributed by atoms with Crippen LogP contribution in [0, 0.1) is 13.8 Å². The van der Waals surface area contributed by atoms with E-state index in [-0.39, 0.29) is 10.5 Å². The van der Waals surface area contributed by atoms with Gasteiger partial charge in [-0.15, -0.1) is 0 Å². The molecule has 0 radical (unpaired) electrons. The Balaban J connectivity index is 1.94. The number of primary sulfonamides is 1. The Bertz CT molecular complexity index is 1060. The van der Waals surface area contributed by atoms with E-state index in [0.29, 0.717) is 10.7 Å². The van der Waals surface area contributed by atoms with Gasteiger partial charge in [-0.1, -0.05) is 23.5 Å². The van der Waals surface area contributed by atoms with E-state index in [0.717, 1.165) is 15.8 Å². The molecule has 3 aromatic rings. The molecular weight excluding hydrogens is 346 g/mol. The second-order valence-electron chi connectivity index (χ2n) is 5.47. The van der Waals surface area contributed by atoms with E-state index in [9.17, 15) is 13.2 Å². The number of sulfonamides is 1. The Morgan fingerprint density at radius 2 is 1.92 bits per heavy atom. The van der Waals surface area contributed by atoms with E-state index in [1.54, 1.807) is 13.0 Å². The number of hydrogen-bond acceptors (Lipinski definition) is 5. The Labute approximate surface area is 143 Å². The molecule has 6 nitrogen and oxygen atoms in total. The van der Waals surface area contributed by atoms with Crippen molar-refractivity contribution in [1.82, 2.24) is 4.98 Å². The molecule has 3 N–H and O–H groups in total. The zero-order chi connectivity index (χ0) is 17.5. The van der Waals surface area contributed by atoms with Crippen molar-refractivity contribution in [2.45, 2.75) is 18.7 Å². The zero-order valence-electron chi connectivity index (χ0n) is 13.0. The molecule has 0 atom stereocenters. The first kappa shape index (κ1) is 16.6. The largest absolute Gasteiger partial charge is 0.298 e. The van der Waals surface area contributed by atoms with E-state index in [1.165, 1.54) is 23.5 Å². The van der Waals surface area contributed by atoms with Crippen molar-refractivity contribution in [3.05, 3.63) is 53.1 Å². The number of aryl methyl sites for hydroxylation is 2. The van der Waals surface area contributed by atoms with Gasteiger partial charge >= 0.3 is 0 Å². The standard InChI is InChI=1S/C16H15N3O3S2/c1-9-3-6-13-14(7-9)23-16(18-13)19-15(20)12-8-11(24(17,21)22)5-4-10(12)2/h3-8H,1-2H3,(H2,17,21,22)(H,18,19,20). The fraction of sp³-hybridized carbons (Fsp3) is 0.125. The molecule has 24 heavy (non-hydrogen) atoms. The van der Waals surface area contributed by atoms with E-state index >= 15 is 0 Å². The monoisotopic (exact) mass is 361 g/mol. The number of anilines is 1. The first-order chi connectivity index (χ1) is 11.2. The van der Waals surface area contributed by atoms with Gasteiger partial charge in [0.15, 0.2) is 5.13 Å². The van der Waals surface area contributed by atoms with Gasteiger partial charge < -0.3 is 0 Å². The molecule has 0 aliphatic rings. The van der Waals surface area contributed by atoms with Gasteiger partial charge in [0, 0.05) is 5.56 Å². The SMILES string of the molecule is Cc1ccc2nc(NC(=O)c3cc(S(N)(=O)=O)ccc3C)sc2c1. The van der Waals surface area contributed by atoms with Crippen molar-refractivity contribution in [1.29, 1.82) is 0 Å². The Morgan fingerprint density at radius 1 is 1.17 bits per heavy atom. The van der Waals surface area contributed by atoms with Gasteiger partial charge in [-0.25, -0.2) is 18.5 Å². The number of carbonyl (C=O) groups is 1. The first-order valence-electron chi connectivity index (χ1n) is 7.06. The predicted octanol–water partition coefficient (Wildman–Crippen LogP) is 2.81. The van der Waals surface area contributed by atoms with Crippen molar-refractivity contribution < 1.29 is 13.2 Å². The van der Waals surface area contributed by atoms with Gasteiger partial charge in [0.25, 0.3) is 5.91 Å². The molecule has 0 fully saturated rings. The number of benzene rings is 2. The van der Waals surface area contributed by atoms with Crippen LogP contribution in [0.5, 0.6) is 0 Å². The average Bonchev–Trinajstić information content (AvgIpc) is 2.87. The highest BCUT2D eigenvalue weighted by atomic mass is 32.2. The Hall–Kier alpha value is -2.29. The summed E-state index contributed by atoms with van der Waals surface area (Å²) in [5, 5.41) is 8.30. The maximum atomic E-state index is 12.5. The highest BCUT2D eigenvalue weighted by Gasteiger charge is 2.16. The van der Waals surface area contributed by atoms with E-state index in [1.807, 2.05) is 25.1 Å². The summed E-state index contributed by atoms with van der Waals surface area (Å²) >= 11 is 1.36. The molecule has 124 valence electrons. The van der Waals surface area contributed by atoms with E-state index in [2.05, 4.69) is 10.3 Å². The molecule has 3 rings (SSSR count). The normalized spacial score (nSPS) is 11.6. The fourth-order valence-corrected chi connectivity index (χ4v) is 3.77. The zero-order valence-corrected chi connectivity index (χ0v) is 14.7. The van der Waals surface area contributed by atoms with E-state index in [4.69, 9.17) is 5.14 Å². The average molecular weight is 361 g/mol. The third kappa shape index (κ3) is 3.30. The number of nitrogens with one attached hydrogen (secondary N) is 1. The minimum absolute atomic E-state index is 0.0989. The van der Waals surface area contributed by atoms with Gasteiger partial charge in [-0.05, 0) is 49.2 Å². The number of hydrogen-bond donors (Lipinski definition) is 2. The Kier molecular flexibility index (Phi) is 4.12. The van der Waals surface area contributed by atoms with Crippen LogP contribution in [0.25, 0.3) is 10.2 Å². The lowest BCUT2D eigenvalue weighted by Gasteiger charge is -2.07. The third-order valence-corrected chi connectivity index (χ3v) is 5.39. The van der Waals surface area contributed by atoms with Gasteiger partial charge in [0.1, 0.15) is 0 Å². The van der Waals surface area contributed by atoms with Crippen LogP contribution in [0.4, 0.5) is 5.13 Å². The summed E-state index contributed by atoms with van der Waals surface area (Å²) in [5.41, 5.74) is 2.81. The summed E-state index contributed by atoms with van der Waals surface area (Å²) in [7, 11) is -3.87. The smallest absolute Gasteiger partial charge is 0.257 e. The molecule has 8 heteroatoms. The van der Waals surface area contributed by atoms with Crippen LogP contribution in [-0.4, -0.2) is 19.3 Å². The van der Waals surface area contributed by atoms with Crippen molar-refractivity contribution >= 4 is 42.6 Å². The Morgan fingerprint density at radius 3 is 2.62 bits per heavy atom. The molecule has 1 amide bonds. The summed E-state index contributed by atoms with van der Waals surface area (Å²) in [6.07, 6.45) is 0. The van der Waals surface area contributed by atoms with Crippen LogP contribution < -0.4 is 10.5 Å². The number of amides is 1. The second kappa shape index (κ2) is 5.97. The maximum absolute atomic E-state index is 12.5. The molecule has 0 bridgehead atoms. The molecule has 1 aromatic heterocycles. The molecule has 0 aliphatic heterocycles. The quantitative estimate of drug-likeness (QED) is 0.749. The number of carbonyl (C=O) groups excluding carboxylic acids is 1.